The molecule has 0 saturated carbocycles. The fourth-order valence-electron chi connectivity index (χ4n) is 2.60. The van der Waals surface area contributed by atoms with Gasteiger partial charge in [0.1, 0.15) is 5.82 Å². The number of aromatic amines is 1. The third-order valence-corrected chi connectivity index (χ3v) is 3.70. The molecule has 1 aliphatic rings. The Kier molecular flexibility index (Phi) is 2.35. The third kappa shape index (κ3) is 1.69. The largest absolute Gasteiger partial charge is 0.345 e. The van der Waals surface area contributed by atoms with Crippen LogP contribution in [0.3, 0.4) is 0 Å². The van der Waals surface area contributed by atoms with Crippen molar-refractivity contribution >= 4 is 16.9 Å². The monoisotopic (exact) mass is 267 g/mol. The molecule has 100 valence electrons. The van der Waals surface area contributed by atoms with Crippen LogP contribution in [0.15, 0.2) is 36.9 Å². The summed E-state index contributed by atoms with van der Waals surface area (Å²) in [5.41, 5.74) is 2.44. The van der Waals surface area contributed by atoms with Gasteiger partial charge >= 0.3 is 0 Å². The first kappa shape index (κ1) is 11.2. The molecule has 2 aromatic heterocycles. The van der Waals surface area contributed by atoms with Crippen molar-refractivity contribution in [1.82, 2.24) is 24.4 Å². The van der Waals surface area contributed by atoms with Crippen LogP contribution in [0.1, 0.15) is 16.2 Å². The number of nitrogens with one attached hydrogen (secondary N) is 1. The van der Waals surface area contributed by atoms with Crippen LogP contribution >= 0.6 is 0 Å². The van der Waals surface area contributed by atoms with Crippen molar-refractivity contribution in [3.63, 3.8) is 0 Å². The van der Waals surface area contributed by atoms with E-state index in [0.717, 1.165) is 23.4 Å². The van der Waals surface area contributed by atoms with Gasteiger partial charge in [0.05, 0.1) is 23.9 Å². The van der Waals surface area contributed by atoms with E-state index in [0.29, 0.717) is 18.7 Å². The first-order valence-corrected chi connectivity index (χ1v) is 6.54. The van der Waals surface area contributed by atoms with Crippen molar-refractivity contribution in [3.05, 3.63) is 48.3 Å². The van der Waals surface area contributed by atoms with Crippen molar-refractivity contribution in [2.24, 2.45) is 0 Å². The highest BCUT2D eigenvalue weighted by atomic mass is 16.2. The lowest BCUT2D eigenvalue weighted by atomic mass is 10.1. The number of benzene rings is 1. The molecule has 3 aromatic rings. The van der Waals surface area contributed by atoms with Crippen LogP contribution in [0.4, 0.5) is 0 Å². The molecule has 0 bridgehead atoms. The minimum Gasteiger partial charge on any atom is -0.345 e. The molecule has 0 radical (unpaired) electrons. The van der Waals surface area contributed by atoms with E-state index in [9.17, 15) is 4.79 Å². The molecule has 1 N–H and O–H groups in total. The number of H-pyrrole nitrogens is 1. The lowest BCUT2D eigenvalue weighted by Crippen LogP contribution is -2.38. The minimum atomic E-state index is 0.0377. The Morgan fingerprint density at radius 3 is 3.15 bits per heavy atom. The fourth-order valence-corrected chi connectivity index (χ4v) is 2.60. The van der Waals surface area contributed by atoms with Crippen molar-refractivity contribution in [1.29, 1.82) is 0 Å². The molecule has 0 fully saturated rings. The second-order valence-corrected chi connectivity index (χ2v) is 4.90. The molecule has 3 heterocycles. The van der Waals surface area contributed by atoms with Gasteiger partial charge in [-0.25, -0.2) is 9.97 Å². The zero-order valence-corrected chi connectivity index (χ0v) is 10.8. The quantitative estimate of drug-likeness (QED) is 0.725. The maximum atomic E-state index is 12.6. The number of aromatic nitrogens is 4. The molecule has 0 atom stereocenters. The molecular formula is C14H13N5O. The van der Waals surface area contributed by atoms with Gasteiger partial charge in [-0.05, 0) is 18.2 Å². The van der Waals surface area contributed by atoms with Crippen LogP contribution < -0.4 is 0 Å². The molecule has 1 aliphatic heterocycles. The summed E-state index contributed by atoms with van der Waals surface area (Å²) in [6.45, 7) is 2.07. The summed E-state index contributed by atoms with van der Waals surface area (Å²) in [6.07, 6.45) is 5.37. The number of hydrogen-bond donors (Lipinski definition) is 1. The summed E-state index contributed by atoms with van der Waals surface area (Å²) in [7, 11) is 0. The lowest BCUT2D eigenvalue weighted by Gasteiger charge is -2.27. The van der Waals surface area contributed by atoms with Crippen LogP contribution in [-0.4, -0.2) is 36.9 Å². The van der Waals surface area contributed by atoms with E-state index in [1.165, 1.54) is 0 Å². The molecule has 0 saturated heterocycles. The predicted molar refractivity (Wildman–Crippen MR) is 73.1 cm³/mol. The average molecular weight is 267 g/mol. The Hall–Kier alpha value is -2.63. The SMILES string of the molecule is O=C(c1ccc2nc[nH]c2c1)N1CCn2ccnc2C1. The second kappa shape index (κ2) is 4.19. The molecule has 0 spiro atoms. The molecule has 1 amide bonds. The van der Waals surface area contributed by atoms with Crippen molar-refractivity contribution < 1.29 is 4.79 Å². The van der Waals surface area contributed by atoms with Crippen molar-refractivity contribution in [2.45, 2.75) is 13.1 Å². The highest BCUT2D eigenvalue weighted by Gasteiger charge is 2.22. The molecule has 1 aromatic carbocycles. The first-order valence-electron chi connectivity index (χ1n) is 6.54. The lowest BCUT2D eigenvalue weighted by molar-refractivity contribution is 0.0707. The van der Waals surface area contributed by atoms with Crippen LogP contribution in [0.5, 0.6) is 0 Å². The van der Waals surface area contributed by atoms with E-state index in [4.69, 9.17) is 0 Å². The van der Waals surface area contributed by atoms with Crippen LogP contribution in [0, 0.1) is 0 Å². The highest BCUT2D eigenvalue weighted by molar-refractivity contribution is 5.97. The summed E-state index contributed by atoms with van der Waals surface area (Å²) >= 11 is 0. The second-order valence-electron chi connectivity index (χ2n) is 4.90. The first-order chi connectivity index (χ1) is 9.81. The van der Waals surface area contributed by atoms with Gasteiger partial charge in [0.2, 0.25) is 0 Å². The average Bonchev–Trinajstić information content (AvgIpc) is 3.13. The van der Waals surface area contributed by atoms with Gasteiger partial charge in [-0.3, -0.25) is 4.79 Å². The van der Waals surface area contributed by atoms with E-state index >= 15 is 0 Å². The maximum absolute atomic E-state index is 12.6. The predicted octanol–water partition coefficient (Wildman–Crippen LogP) is 1.42. The topological polar surface area (TPSA) is 66.8 Å². The van der Waals surface area contributed by atoms with E-state index < -0.39 is 0 Å². The van der Waals surface area contributed by atoms with Crippen molar-refractivity contribution in [2.75, 3.05) is 6.54 Å². The van der Waals surface area contributed by atoms with Gasteiger partial charge in [0.15, 0.2) is 0 Å². The van der Waals surface area contributed by atoms with Gasteiger partial charge < -0.3 is 14.5 Å². The summed E-state index contributed by atoms with van der Waals surface area (Å²) < 4.78 is 2.09. The Labute approximate surface area is 115 Å². The zero-order valence-electron chi connectivity index (χ0n) is 10.8. The smallest absolute Gasteiger partial charge is 0.254 e. The van der Waals surface area contributed by atoms with Crippen LogP contribution in [0.25, 0.3) is 11.0 Å². The van der Waals surface area contributed by atoms with Crippen molar-refractivity contribution in [3.8, 4) is 0 Å². The number of hydrogen-bond acceptors (Lipinski definition) is 3. The minimum absolute atomic E-state index is 0.0377. The maximum Gasteiger partial charge on any atom is 0.254 e. The Balaban J connectivity index is 1.64. The molecule has 6 heteroatoms. The number of rotatable bonds is 1. The van der Waals surface area contributed by atoms with E-state index in [2.05, 4.69) is 19.5 Å². The summed E-state index contributed by atoms with van der Waals surface area (Å²) in [5.74, 6) is 0.975. The van der Waals surface area contributed by atoms with E-state index in [-0.39, 0.29) is 5.91 Å². The van der Waals surface area contributed by atoms with Gasteiger partial charge in [0.25, 0.3) is 5.91 Å². The van der Waals surface area contributed by atoms with E-state index in [1.54, 1.807) is 12.5 Å². The van der Waals surface area contributed by atoms with Gasteiger partial charge in [-0.1, -0.05) is 0 Å². The zero-order chi connectivity index (χ0) is 13.5. The number of nitrogens with zero attached hydrogens (tertiary/aromatic N) is 4. The Morgan fingerprint density at radius 1 is 1.25 bits per heavy atom. The fraction of sp³-hybridized carbons (Fsp3) is 0.214. The molecule has 0 unspecified atom stereocenters. The standard InChI is InChI=1S/C14H13N5O/c20-14(10-1-2-11-12(7-10)17-9-16-11)19-6-5-18-4-3-15-13(18)8-19/h1-4,7,9H,5-6,8H2,(H,16,17). The van der Waals surface area contributed by atoms with Gasteiger partial charge in [-0.15, -0.1) is 0 Å². The highest BCUT2D eigenvalue weighted by Crippen LogP contribution is 2.17. The van der Waals surface area contributed by atoms with Crippen LogP contribution in [0.2, 0.25) is 0 Å². The number of carbonyl (C=O) groups is 1. The molecule has 0 aliphatic carbocycles. The number of amides is 1. The Bertz CT molecular complexity index is 788. The summed E-state index contributed by atoms with van der Waals surface area (Å²) in [4.78, 5) is 25.9. The Morgan fingerprint density at radius 2 is 2.20 bits per heavy atom. The molecule has 6 nitrogen and oxygen atoms in total. The molecular weight excluding hydrogens is 254 g/mol. The van der Waals surface area contributed by atoms with Gasteiger partial charge in [-0.2, -0.15) is 0 Å². The molecule has 20 heavy (non-hydrogen) atoms. The normalized spacial score (nSPS) is 14.5. The number of imidazole rings is 2. The number of fused-ring (bicyclic) bond motifs is 2. The van der Waals surface area contributed by atoms with Gasteiger partial charge in [0, 0.05) is 31.0 Å². The third-order valence-electron chi connectivity index (χ3n) is 3.70. The summed E-state index contributed by atoms with van der Waals surface area (Å²) in [6, 6.07) is 5.54. The van der Waals surface area contributed by atoms with E-state index in [1.807, 2.05) is 29.3 Å². The number of carbonyl (C=O) groups excluding carboxylic acids is 1. The van der Waals surface area contributed by atoms with Crippen LogP contribution in [-0.2, 0) is 13.1 Å². The molecule has 4 rings (SSSR count). The summed E-state index contributed by atoms with van der Waals surface area (Å²) in [5, 5.41) is 0.